The molecule has 5 nitrogen and oxygen atoms in total. The predicted octanol–water partition coefficient (Wildman–Crippen LogP) is 2.60. The van der Waals surface area contributed by atoms with Gasteiger partial charge in [-0.25, -0.2) is 9.78 Å². The summed E-state index contributed by atoms with van der Waals surface area (Å²) in [5.74, 6) is 0.474. The zero-order valence-electron chi connectivity index (χ0n) is 12.1. The van der Waals surface area contributed by atoms with Gasteiger partial charge in [0.25, 0.3) is 5.56 Å². The number of fused-ring (bicyclic) bond motifs is 1. The summed E-state index contributed by atoms with van der Waals surface area (Å²) in [6.07, 6.45) is 4.05. The molecular weight excluding hydrogens is 264 g/mol. The van der Waals surface area contributed by atoms with E-state index in [4.69, 9.17) is 0 Å². The van der Waals surface area contributed by atoms with Crippen molar-refractivity contribution in [1.29, 1.82) is 0 Å². The fourth-order valence-corrected chi connectivity index (χ4v) is 2.70. The minimum atomic E-state index is -0.190. The van der Waals surface area contributed by atoms with Gasteiger partial charge in [0.1, 0.15) is 5.52 Å². The van der Waals surface area contributed by atoms with Gasteiger partial charge in [0.2, 0.25) is 0 Å². The summed E-state index contributed by atoms with van der Waals surface area (Å²) in [7, 11) is 0. The molecule has 2 heterocycles. The molecule has 0 aliphatic heterocycles. The van der Waals surface area contributed by atoms with Crippen LogP contribution in [0.25, 0.3) is 16.6 Å². The van der Waals surface area contributed by atoms with Crippen molar-refractivity contribution in [2.75, 3.05) is 0 Å². The van der Waals surface area contributed by atoms with E-state index in [0.717, 1.165) is 29.6 Å². The van der Waals surface area contributed by atoms with E-state index < -0.39 is 0 Å². The Balaban J connectivity index is 1.99. The van der Waals surface area contributed by atoms with Crippen molar-refractivity contribution in [1.82, 2.24) is 20.0 Å². The molecule has 1 aliphatic rings. The molecule has 0 radical (unpaired) electrons. The highest BCUT2D eigenvalue weighted by Gasteiger charge is 2.29. The molecule has 4 rings (SSSR count). The Kier molecular flexibility index (Phi) is 2.51. The van der Waals surface area contributed by atoms with Crippen LogP contribution in [0.5, 0.6) is 0 Å². The summed E-state index contributed by atoms with van der Waals surface area (Å²) >= 11 is 0. The van der Waals surface area contributed by atoms with Crippen molar-refractivity contribution in [2.24, 2.45) is 0 Å². The van der Waals surface area contributed by atoms with E-state index in [2.05, 4.69) is 41.3 Å². The van der Waals surface area contributed by atoms with Crippen molar-refractivity contribution in [3.05, 3.63) is 51.6 Å². The Morgan fingerprint density at radius 2 is 2.05 bits per heavy atom. The van der Waals surface area contributed by atoms with Crippen molar-refractivity contribution in [2.45, 2.75) is 32.6 Å². The van der Waals surface area contributed by atoms with Gasteiger partial charge in [0.15, 0.2) is 0 Å². The molecule has 0 bridgehead atoms. The SMILES string of the molecule is Cc1ccc(-n2ncc3c(C4CC4)n[nH]c(=O)c32)cc1C. The highest BCUT2D eigenvalue weighted by atomic mass is 16.1. The van der Waals surface area contributed by atoms with Crippen LogP contribution in [0.15, 0.2) is 29.2 Å². The number of aryl methyl sites for hydroxylation is 2. The Morgan fingerprint density at radius 1 is 1.24 bits per heavy atom. The molecule has 0 atom stereocenters. The fourth-order valence-electron chi connectivity index (χ4n) is 2.70. The largest absolute Gasteiger partial charge is 0.290 e. The number of aromatic amines is 1. The third kappa shape index (κ3) is 1.88. The van der Waals surface area contributed by atoms with E-state index in [0.29, 0.717) is 11.4 Å². The molecule has 1 saturated carbocycles. The quantitative estimate of drug-likeness (QED) is 0.784. The van der Waals surface area contributed by atoms with Gasteiger partial charge in [0.05, 0.1) is 17.6 Å². The van der Waals surface area contributed by atoms with E-state index in [1.807, 2.05) is 6.07 Å². The molecule has 106 valence electrons. The van der Waals surface area contributed by atoms with E-state index in [1.54, 1.807) is 10.9 Å². The van der Waals surface area contributed by atoms with E-state index >= 15 is 0 Å². The smallest absolute Gasteiger partial charge is 0.266 e. The summed E-state index contributed by atoms with van der Waals surface area (Å²) in [6, 6.07) is 6.10. The molecule has 0 saturated heterocycles. The Bertz CT molecular complexity index is 902. The molecule has 1 aromatic carbocycles. The first-order valence-electron chi connectivity index (χ1n) is 7.19. The Morgan fingerprint density at radius 3 is 2.76 bits per heavy atom. The maximum absolute atomic E-state index is 12.2. The maximum Gasteiger partial charge on any atom is 0.290 e. The van der Waals surface area contributed by atoms with Crippen molar-refractivity contribution >= 4 is 10.9 Å². The average molecular weight is 280 g/mol. The first kappa shape index (κ1) is 12.3. The van der Waals surface area contributed by atoms with Crippen LogP contribution in [-0.4, -0.2) is 20.0 Å². The highest BCUT2D eigenvalue weighted by molar-refractivity contribution is 5.82. The third-order valence-electron chi connectivity index (χ3n) is 4.24. The topological polar surface area (TPSA) is 63.6 Å². The van der Waals surface area contributed by atoms with Crippen LogP contribution in [-0.2, 0) is 0 Å². The van der Waals surface area contributed by atoms with Crippen LogP contribution in [0.4, 0.5) is 0 Å². The summed E-state index contributed by atoms with van der Waals surface area (Å²) in [5.41, 5.74) is 4.69. The van der Waals surface area contributed by atoms with Gasteiger partial charge in [-0.3, -0.25) is 4.79 Å². The van der Waals surface area contributed by atoms with Crippen molar-refractivity contribution in [3.63, 3.8) is 0 Å². The molecule has 1 fully saturated rings. The zero-order chi connectivity index (χ0) is 14.6. The second kappa shape index (κ2) is 4.28. The molecular formula is C16H16N4O. The molecule has 0 amide bonds. The van der Waals surface area contributed by atoms with Gasteiger partial charge in [0, 0.05) is 11.3 Å². The molecule has 3 aromatic rings. The molecule has 5 heteroatoms. The molecule has 1 aliphatic carbocycles. The number of nitrogens with zero attached hydrogens (tertiary/aromatic N) is 3. The number of H-pyrrole nitrogens is 1. The summed E-state index contributed by atoms with van der Waals surface area (Å²) in [4.78, 5) is 12.2. The van der Waals surface area contributed by atoms with Gasteiger partial charge < -0.3 is 0 Å². The molecule has 1 N–H and O–H groups in total. The number of rotatable bonds is 2. The normalized spacial score (nSPS) is 14.8. The van der Waals surface area contributed by atoms with E-state index in [1.165, 1.54) is 11.1 Å². The minimum absolute atomic E-state index is 0.190. The average Bonchev–Trinajstić information content (AvgIpc) is 3.21. The lowest BCUT2D eigenvalue weighted by Crippen LogP contribution is -2.14. The lowest BCUT2D eigenvalue weighted by Gasteiger charge is -2.06. The van der Waals surface area contributed by atoms with E-state index in [9.17, 15) is 4.79 Å². The standard InChI is InChI=1S/C16H16N4O/c1-9-3-6-12(7-10(9)2)20-15-13(8-17-20)14(11-4-5-11)18-19-16(15)21/h3,6-8,11H,4-5H2,1-2H3,(H,19,21). The number of hydrogen-bond donors (Lipinski definition) is 1. The first-order valence-corrected chi connectivity index (χ1v) is 7.19. The van der Waals surface area contributed by atoms with Gasteiger partial charge in [-0.1, -0.05) is 6.07 Å². The summed E-state index contributed by atoms with van der Waals surface area (Å²) in [5, 5.41) is 12.1. The van der Waals surface area contributed by atoms with Gasteiger partial charge in [-0.2, -0.15) is 10.2 Å². The van der Waals surface area contributed by atoms with Gasteiger partial charge in [-0.05, 0) is 49.9 Å². The van der Waals surface area contributed by atoms with E-state index in [-0.39, 0.29) is 5.56 Å². The van der Waals surface area contributed by atoms with Crippen LogP contribution in [0.2, 0.25) is 0 Å². The van der Waals surface area contributed by atoms with Crippen LogP contribution < -0.4 is 5.56 Å². The molecule has 0 unspecified atom stereocenters. The Hall–Kier alpha value is -2.43. The Labute approximate surface area is 121 Å². The number of aromatic nitrogens is 4. The maximum atomic E-state index is 12.2. The monoisotopic (exact) mass is 280 g/mol. The van der Waals surface area contributed by atoms with Gasteiger partial charge >= 0.3 is 0 Å². The predicted molar refractivity (Wildman–Crippen MR) is 80.9 cm³/mol. The highest BCUT2D eigenvalue weighted by Crippen LogP contribution is 2.41. The fraction of sp³-hybridized carbons (Fsp3) is 0.312. The second-order valence-electron chi connectivity index (χ2n) is 5.80. The van der Waals surface area contributed by atoms with Crippen molar-refractivity contribution < 1.29 is 0 Å². The molecule has 0 spiro atoms. The van der Waals surface area contributed by atoms with Crippen LogP contribution in [0, 0.1) is 13.8 Å². The second-order valence-corrected chi connectivity index (χ2v) is 5.80. The summed E-state index contributed by atoms with van der Waals surface area (Å²) < 4.78 is 1.72. The number of benzene rings is 1. The van der Waals surface area contributed by atoms with Gasteiger partial charge in [-0.15, -0.1) is 0 Å². The first-order chi connectivity index (χ1) is 10.1. The zero-order valence-corrected chi connectivity index (χ0v) is 12.1. The lowest BCUT2D eigenvalue weighted by molar-refractivity contribution is 0.879. The van der Waals surface area contributed by atoms with Crippen LogP contribution in [0.1, 0.15) is 35.6 Å². The number of nitrogens with one attached hydrogen (secondary N) is 1. The minimum Gasteiger partial charge on any atom is -0.266 e. The van der Waals surface area contributed by atoms with Crippen LogP contribution >= 0.6 is 0 Å². The van der Waals surface area contributed by atoms with Crippen molar-refractivity contribution in [3.8, 4) is 5.69 Å². The number of hydrogen-bond acceptors (Lipinski definition) is 3. The molecule has 2 aromatic heterocycles. The molecule has 21 heavy (non-hydrogen) atoms. The summed E-state index contributed by atoms with van der Waals surface area (Å²) in [6.45, 7) is 4.13. The van der Waals surface area contributed by atoms with Crippen LogP contribution in [0.3, 0.4) is 0 Å². The lowest BCUT2D eigenvalue weighted by atomic mass is 10.1. The third-order valence-corrected chi connectivity index (χ3v) is 4.24.